The quantitative estimate of drug-likeness (QED) is 0.517. The number of esters is 2. The van der Waals surface area contributed by atoms with E-state index in [0.717, 1.165) is 5.69 Å². The van der Waals surface area contributed by atoms with Crippen LogP contribution >= 0.6 is 0 Å². The van der Waals surface area contributed by atoms with E-state index < -0.39 is 11.9 Å². The molecule has 0 spiro atoms. The molecule has 1 aliphatic rings. The zero-order valence-electron chi connectivity index (χ0n) is 15.7. The topological polar surface area (TPSA) is 107 Å². The molecule has 0 atom stereocenters. The smallest absolute Gasteiger partial charge is 0.339 e. The first-order chi connectivity index (χ1) is 13.5. The van der Waals surface area contributed by atoms with E-state index in [-0.39, 0.29) is 25.8 Å². The maximum absolute atomic E-state index is 12.1. The fraction of sp³-hybridized carbons (Fsp3) is 0.389. The Morgan fingerprint density at radius 2 is 2.00 bits per heavy atom. The van der Waals surface area contributed by atoms with Crippen molar-refractivity contribution in [3.63, 3.8) is 0 Å². The molecule has 148 valence electrons. The van der Waals surface area contributed by atoms with Crippen molar-refractivity contribution in [1.82, 2.24) is 19.4 Å². The van der Waals surface area contributed by atoms with E-state index in [2.05, 4.69) is 9.97 Å². The molecule has 0 radical (unpaired) electrons. The Labute approximate surface area is 161 Å². The number of carbonyl (C=O) groups excluding carboxylic acids is 3. The Balaban J connectivity index is 1.42. The average Bonchev–Trinajstić information content (AvgIpc) is 3.08. The largest absolute Gasteiger partial charge is 0.464 e. The van der Waals surface area contributed by atoms with Crippen molar-refractivity contribution in [2.75, 3.05) is 32.2 Å². The summed E-state index contributed by atoms with van der Waals surface area (Å²) in [6.07, 6.45) is 4.91. The highest BCUT2D eigenvalue weighted by atomic mass is 16.5. The van der Waals surface area contributed by atoms with Crippen LogP contribution in [0.2, 0.25) is 0 Å². The number of pyridine rings is 1. The summed E-state index contributed by atoms with van der Waals surface area (Å²) in [5.41, 5.74) is 1.14. The van der Waals surface area contributed by atoms with Crippen LogP contribution in [0.3, 0.4) is 0 Å². The lowest BCUT2D eigenvalue weighted by Crippen LogP contribution is -2.43. The standard InChI is InChI=1S/C18H21N5O5/c1-21-10-14-16(22(2)18(21)26)20-12-23(14)11-15(24)27-7-4-8-28-17(25)13-5-3-6-19-9-13/h3,5-6,9,12H,4,7-8,10-11H2,1-2H3. The molecule has 2 amide bonds. The molecule has 0 bridgehead atoms. The highest BCUT2D eigenvalue weighted by molar-refractivity contribution is 5.92. The van der Waals surface area contributed by atoms with Crippen molar-refractivity contribution in [2.45, 2.75) is 19.5 Å². The number of fused-ring (bicyclic) bond motifs is 1. The van der Waals surface area contributed by atoms with Crippen LogP contribution in [0, 0.1) is 0 Å². The van der Waals surface area contributed by atoms with Crippen LogP contribution in [0.1, 0.15) is 22.5 Å². The fourth-order valence-corrected chi connectivity index (χ4v) is 2.78. The number of hydrogen-bond acceptors (Lipinski definition) is 7. The SMILES string of the molecule is CN1Cc2c(ncn2CC(=O)OCCCOC(=O)c2cccnc2)N(C)C1=O. The van der Waals surface area contributed by atoms with Crippen LogP contribution < -0.4 is 4.90 Å². The maximum atomic E-state index is 12.1. The number of anilines is 1. The molecule has 0 saturated heterocycles. The van der Waals surface area contributed by atoms with Crippen LogP contribution in [-0.4, -0.2) is 64.7 Å². The van der Waals surface area contributed by atoms with Crippen LogP contribution in [0.15, 0.2) is 30.9 Å². The number of urea groups is 1. The van der Waals surface area contributed by atoms with Crippen molar-refractivity contribution in [1.29, 1.82) is 0 Å². The Morgan fingerprint density at radius 1 is 1.21 bits per heavy atom. The van der Waals surface area contributed by atoms with Crippen LogP contribution in [-0.2, 0) is 27.4 Å². The summed E-state index contributed by atoms with van der Waals surface area (Å²) in [5, 5.41) is 0. The van der Waals surface area contributed by atoms with Crippen molar-refractivity contribution >= 4 is 23.8 Å². The number of amides is 2. The Kier molecular flexibility index (Phi) is 5.87. The molecular formula is C18H21N5O5. The minimum atomic E-state index is -0.466. The van der Waals surface area contributed by atoms with Gasteiger partial charge in [-0.15, -0.1) is 0 Å². The second-order valence-corrected chi connectivity index (χ2v) is 6.29. The second kappa shape index (κ2) is 8.51. The van der Waals surface area contributed by atoms with E-state index in [0.29, 0.717) is 24.3 Å². The van der Waals surface area contributed by atoms with E-state index >= 15 is 0 Å². The molecule has 0 aliphatic carbocycles. The van der Waals surface area contributed by atoms with E-state index in [1.165, 1.54) is 17.4 Å². The molecule has 0 fully saturated rings. The molecule has 0 saturated carbocycles. The van der Waals surface area contributed by atoms with Gasteiger partial charge in [0, 0.05) is 32.9 Å². The van der Waals surface area contributed by atoms with E-state index in [1.54, 1.807) is 41.9 Å². The van der Waals surface area contributed by atoms with E-state index in [1.807, 2.05) is 0 Å². The third-order valence-electron chi connectivity index (χ3n) is 4.22. The van der Waals surface area contributed by atoms with Crippen LogP contribution in [0.5, 0.6) is 0 Å². The van der Waals surface area contributed by atoms with Gasteiger partial charge in [0.2, 0.25) is 0 Å². The first-order valence-electron chi connectivity index (χ1n) is 8.73. The first-order valence-corrected chi connectivity index (χ1v) is 8.73. The molecule has 10 nitrogen and oxygen atoms in total. The number of rotatable bonds is 7. The van der Waals surface area contributed by atoms with Gasteiger partial charge in [0.25, 0.3) is 0 Å². The fourth-order valence-electron chi connectivity index (χ4n) is 2.78. The summed E-state index contributed by atoms with van der Waals surface area (Å²) in [5.74, 6) is -0.355. The molecule has 3 rings (SSSR count). The van der Waals surface area contributed by atoms with Crippen molar-refractivity contribution < 1.29 is 23.9 Å². The number of imidazole rings is 1. The van der Waals surface area contributed by atoms with Gasteiger partial charge in [0.05, 0.1) is 37.3 Å². The molecule has 3 heterocycles. The molecule has 0 N–H and O–H groups in total. The normalized spacial score (nSPS) is 13.3. The zero-order valence-corrected chi connectivity index (χ0v) is 15.7. The van der Waals surface area contributed by atoms with Gasteiger partial charge >= 0.3 is 18.0 Å². The zero-order chi connectivity index (χ0) is 20.1. The summed E-state index contributed by atoms with van der Waals surface area (Å²) >= 11 is 0. The highest BCUT2D eigenvalue weighted by Gasteiger charge is 2.29. The maximum Gasteiger partial charge on any atom is 0.339 e. The third-order valence-corrected chi connectivity index (χ3v) is 4.22. The van der Waals surface area contributed by atoms with Crippen molar-refractivity contribution in [2.24, 2.45) is 0 Å². The van der Waals surface area contributed by atoms with Gasteiger partial charge in [0.15, 0.2) is 5.82 Å². The van der Waals surface area contributed by atoms with Gasteiger partial charge in [-0.05, 0) is 12.1 Å². The number of nitrogens with zero attached hydrogens (tertiary/aromatic N) is 5. The molecule has 2 aromatic heterocycles. The van der Waals surface area contributed by atoms with E-state index in [4.69, 9.17) is 9.47 Å². The predicted octanol–water partition coefficient (Wildman–Crippen LogP) is 1.07. The predicted molar refractivity (Wildman–Crippen MR) is 97.6 cm³/mol. The van der Waals surface area contributed by atoms with Gasteiger partial charge in [-0.3, -0.25) is 14.7 Å². The molecular weight excluding hydrogens is 366 g/mol. The summed E-state index contributed by atoms with van der Waals surface area (Å²) in [7, 11) is 3.32. The second-order valence-electron chi connectivity index (χ2n) is 6.29. The lowest BCUT2D eigenvalue weighted by atomic mass is 10.3. The Morgan fingerprint density at radius 3 is 2.75 bits per heavy atom. The highest BCUT2D eigenvalue weighted by Crippen LogP contribution is 2.25. The van der Waals surface area contributed by atoms with Crippen LogP contribution in [0.4, 0.5) is 10.6 Å². The summed E-state index contributed by atoms with van der Waals surface area (Å²) in [4.78, 5) is 46.8. The monoisotopic (exact) mass is 387 g/mol. The minimum Gasteiger partial charge on any atom is -0.464 e. The van der Waals surface area contributed by atoms with Crippen molar-refractivity contribution in [3.05, 3.63) is 42.1 Å². The Hall–Kier alpha value is -3.43. The van der Waals surface area contributed by atoms with E-state index in [9.17, 15) is 14.4 Å². The molecule has 28 heavy (non-hydrogen) atoms. The van der Waals surface area contributed by atoms with Crippen LogP contribution in [0.25, 0.3) is 0 Å². The lowest BCUT2D eigenvalue weighted by Gasteiger charge is -2.30. The van der Waals surface area contributed by atoms with Gasteiger partial charge in [-0.25, -0.2) is 14.6 Å². The van der Waals surface area contributed by atoms with Gasteiger partial charge in [0.1, 0.15) is 6.54 Å². The molecule has 0 unspecified atom stereocenters. The summed E-state index contributed by atoms with van der Waals surface area (Å²) < 4.78 is 11.9. The summed E-state index contributed by atoms with van der Waals surface area (Å²) in [6.45, 7) is 0.636. The van der Waals surface area contributed by atoms with Gasteiger partial charge in [-0.1, -0.05) is 0 Å². The summed E-state index contributed by atoms with van der Waals surface area (Å²) in [6, 6.07) is 3.11. The molecule has 1 aliphatic heterocycles. The minimum absolute atomic E-state index is 0.00627. The van der Waals surface area contributed by atoms with Gasteiger partial charge in [-0.2, -0.15) is 0 Å². The number of aromatic nitrogens is 3. The average molecular weight is 387 g/mol. The van der Waals surface area contributed by atoms with Crippen molar-refractivity contribution in [3.8, 4) is 0 Å². The third kappa shape index (κ3) is 4.27. The first kappa shape index (κ1) is 19.3. The molecule has 0 aromatic carbocycles. The Bertz CT molecular complexity index is 867. The lowest BCUT2D eigenvalue weighted by molar-refractivity contribution is -0.144. The molecule has 2 aromatic rings. The van der Waals surface area contributed by atoms with Gasteiger partial charge < -0.3 is 18.9 Å². The molecule has 10 heteroatoms. The number of carbonyl (C=O) groups is 3. The number of hydrogen-bond donors (Lipinski definition) is 0. The number of ether oxygens (including phenoxy) is 2.